The van der Waals surface area contributed by atoms with Crippen molar-refractivity contribution in [2.24, 2.45) is 5.41 Å². The van der Waals surface area contributed by atoms with Crippen molar-refractivity contribution in [3.05, 3.63) is 0 Å². The first-order valence-electron chi connectivity index (χ1n) is 7.77. The fourth-order valence-corrected chi connectivity index (χ4v) is 4.84. The van der Waals surface area contributed by atoms with Crippen LogP contribution in [0, 0.1) is 5.41 Å². The summed E-state index contributed by atoms with van der Waals surface area (Å²) in [4.78, 5) is 17.0. The minimum absolute atomic E-state index is 0.222. The Morgan fingerprint density at radius 1 is 1.04 bits per heavy atom. The predicted molar refractivity (Wildman–Crippen MR) is 89.2 cm³/mol. The number of hydrogen-bond donors (Lipinski definition) is 0. The van der Waals surface area contributed by atoms with Gasteiger partial charge in [-0.05, 0) is 40.0 Å². The van der Waals surface area contributed by atoms with Gasteiger partial charge in [-0.3, -0.25) is 4.57 Å². The van der Waals surface area contributed by atoms with E-state index in [2.05, 4.69) is 4.74 Å². The molecule has 0 radical (unpaired) electrons. The van der Waals surface area contributed by atoms with Crippen LogP contribution in [0.4, 0.5) is 4.79 Å². The average molecular weight is 353 g/mol. The van der Waals surface area contributed by atoms with Gasteiger partial charge in [-0.1, -0.05) is 20.8 Å². The molecular weight excluding hydrogens is 321 g/mol. The highest BCUT2D eigenvalue weighted by molar-refractivity contribution is 7.54. The molecule has 0 amide bonds. The van der Waals surface area contributed by atoms with Crippen LogP contribution >= 0.6 is 7.60 Å². The maximum atomic E-state index is 13.4. The topological polar surface area (TPSA) is 74.3 Å². The number of carbonyl (C=O) groups excluding carboxylic acids is 1. The van der Waals surface area contributed by atoms with Crippen LogP contribution in [-0.4, -0.2) is 42.9 Å². The van der Waals surface area contributed by atoms with Crippen LogP contribution < -0.4 is 0 Å². The highest BCUT2D eigenvalue weighted by Gasteiger charge is 2.52. The molecule has 0 N–H and O–H groups in total. The zero-order chi connectivity index (χ0) is 18.5. The Morgan fingerprint density at radius 3 is 1.74 bits per heavy atom. The van der Waals surface area contributed by atoms with Gasteiger partial charge in [-0.2, -0.15) is 0 Å². The number of nitrogens with zero attached hydrogens (tertiary/aromatic N) is 1. The van der Waals surface area contributed by atoms with Gasteiger partial charge < -0.3 is 18.6 Å². The minimum atomic E-state index is -3.58. The number of ether oxygens (including phenoxy) is 1. The highest BCUT2D eigenvalue weighted by Crippen LogP contribution is 2.60. The molecule has 0 bridgehead atoms. The summed E-state index contributed by atoms with van der Waals surface area (Å²) in [5.41, 5.74) is -1.20. The summed E-state index contributed by atoms with van der Waals surface area (Å²) < 4.78 is 29.0. The van der Waals surface area contributed by atoms with E-state index in [1.165, 1.54) is 12.2 Å². The SMILES string of the molecule is CCOP(=O)(OCC)C(N(OC(=O)OC)C(C)(C)C)C(C)(C)C. The van der Waals surface area contributed by atoms with Crippen LogP contribution in [0.1, 0.15) is 55.4 Å². The molecule has 0 spiro atoms. The van der Waals surface area contributed by atoms with Gasteiger partial charge in [-0.15, -0.1) is 5.06 Å². The second-order valence-electron chi connectivity index (χ2n) is 7.16. The zero-order valence-corrected chi connectivity index (χ0v) is 16.7. The van der Waals surface area contributed by atoms with Crippen molar-refractivity contribution in [1.82, 2.24) is 5.06 Å². The molecule has 0 aliphatic carbocycles. The fraction of sp³-hybridized carbons (Fsp3) is 0.933. The van der Waals surface area contributed by atoms with Crippen LogP contribution in [0.25, 0.3) is 0 Å². The maximum Gasteiger partial charge on any atom is 0.527 e. The number of hydroxylamine groups is 2. The lowest BCUT2D eigenvalue weighted by Gasteiger charge is -2.46. The lowest BCUT2D eigenvalue weighted by atomic mass is 9.94. The first-order valence-corrected chi connectivity index (χ1v) is 9.38. The summed E-state index contributed by atoms with van der Waals surface area (Å²) in [6, 6.07) is 0. The molecule has 0 aliphatic heterocycles. The molecule has 0 aromatic heterocycles. The number of methoxy groups -OCH3 is 1. The largest absolute Gasteiger partial charge is 0.527 e. The van der Waals surface area contributed by atoms with Crippen molar-refractivity contribution < 1.29 is 28.0 Å². The number of rotatable bonds is 7. The third-order valence-corrected chi connectivity index (χ3v) is 5.73. The Kier molecular flexibility index (Phi) is 8.24. The monoisotopic (exact) mass is 353 g/mol. The minimum Gasteiger partial charge on any atom is -0.436 e. The lowest BCUT2D eigenvalue weighted by molar-refractivity contribution is -0.204. The zero-order valence-electron chi connectivity index (χ0n) is 15.8. The summed E-state index contributed by atoms with van der Waals surface area (Å²) in [6.07, 6.45) is -0.881. The van der Waals surface area contributed by atoms with Crippen molar-refractivity contribution in [2.75, 3.05) is 20.3 Å². The molecular formula is C15H32NO6P. The van der Waals surface area contributed by atoms with Crippen molar-refractivity contribution >= 4 is 13.8 Å². The molecule has 0 aliphatic rings. The van der Waals surface area contributed by atoms with E-state index in [4.69, 9.17) is 13.9 Å². The molecule has 138 valence electrons. The van der Waals surface area contributed by atoms with Crippen molar-refractivity contribution in [3.8, 4) is 0 Å². The Balaban J connectivity index is 6.07. The summed E-state index contributed by atoms with van der Waals surface area (Å²) in [5, 5.41) is 1.37. The molecule has 0 saturated heterocycles. The molecule has 0 fully saturated rings. The quantitative estimate of drug-likeness (QED) is 0.381. The molecule has 8 heteroatoms. The molecule has 1 atom stereocenters. The molecule has 1 unspecified atom stereocenters. The van der Waals surface area contributed by atoms with Crippen LogP contribution in [0.5, 0.6) is 0 Å². The summed E-state index contributed by atoms with van der Waals surface area (Å²) in [5.74, 6) is -0.797. The van der Waals surface area contributed by atoms with Crippen molar-refractivity contribution in [1.29, 1.82) is 0 Å². The summed E-state index contributed by atoms with van der Waals surface area (Å²) >= 11 is 0. The number of hydrogen-bond acceptors (Lipinski definition) is 7. The second-order valence-corrected chi connectivity index (χ2v) is 9.24. The number of carbonyl (C=O) groups is 1. The maximum absolute atomic E-state index is 13.4. The standard InChI is InChI=1S/C15H32NO6P/c1-10-20-23(18,21-11-2)12(14(3,4)5)16(15(6,7)8)22-13(17)19-9/h12H,10-11H2,1-9H3. The van der Waals surface area contributed by atoms with E-state index in [-0.39, 0.29) is 13.2 Å². The first kappa shape index (κ1) is 22.4. The summed E-state index contributed by atoms with van der Waals surface area (Å²) in [7, 11) is -2.35. The van der Waals surface area contributed by atoms with Gasteiger partial charge >= 0.3 is 13.8 Å². The smallest absolute Gasteiger partial charge is 0.436 e. The van der Waals surface area contributed by atoms with Gasteiger partial charge in [0.2, 0.25) is 0 Å². The Hall–Kier alpha value is -0.620. The van der Waals surface area contributed by atoms with Gasteiger partial charge in [0.1, 0.15) is 0 Å². The van der Waals surface area contributed by atoms with Crippen LogP contribution in [-0.2, 0) is 23.2 Å². The van der Waals surface area contributed by atoms with Gasteiger partial charge in [0, 0.05) is 5.54 Å². The summed E-state index contributed by atoms with van der Waals surface area (Å²) in [6.45, 7) is 15.1. The fourth-order valence-electron chi connectivity index (χ4n) is 2.16. The molecule has 0 aromatic carbocycles. The van der Waals surface area contributed by atoms with Crippen molar-refractivity contribution in [3.63, 3.8) is 0 Å². The van der Waals surface area contributed by atoms with E-state index >= 15 is 0 Å². The van der Waals surface area contributed by atoms with Gasteiger partial charge in [-0.25, -0.2) is 4.79 Å². The first-order chi connectivity index (χ1) is 10.3. The lowest BCUT2D eigenvalue weighted by Crippen LogP contribution is -2.54. The van der Waals surface area contributed by atoms with E-state index in [1.807, 2.05) is 41.5 Å². The Bertz CT molecular complexity index is 417. The van der Waals surface area contributed by atoms with E-state index in [9.17, 15) is 9.36 Å². The average Bonchev–Trinajstić information content (AvgIpc) is 2.35. The van der Waals surface area contributed by atoms with E-state index in [1.54, 1.807) is 13.8 Å². The van der Waals surface area contributed by atoms with E-state index in [0.29, 0.717) is 0 Å². The predicted octanol–water partition coefficient (Wildman–Crippen LogP) is 4.42. The normalized spacial score (nSPS) is 14.7. The third kappa shape index (κ3) is 6.42. The molecule has 0 aromatic rings. The molecule has 0 saturated carbocycles. The van der Waals surface area contributed by atoms with E-state index < -0.39 is 30.5 Å². The van der Waals surface area contributed by atoms with Gasteiger partial charge in [0.05, 0.1) is 20.3 Å². The molecule has 0 rings (SSSR count). The second kappa shape index (κ2) is 8.47. The Labute approximate surface area is 140 Å². The van der Waals surface area contributed by atoms with Crippen LogP contribution in [0.2, 0.25) is 0 Å². The molecule has 0 heterocycles. The van der Waals surface area contributed by atoms with Crippen LogP contribution in [0.15, 0.2) is 0 Å². The Morgan fingerprint density at radius 2 is 1.48 bits per heavy atom. The van der Waals surface area contributed by atoms with E-state index in [0.717, 1.165) is 0 Å². The van der Waals surface area contributed by atoms with Crippen LogP contribution in [0.3, 0.4) is 0 Å². The van der Waals surface area contributed by atoms with Gasteiger partial charge in [0.15, 0.2) is 5.78 Å². The third-order valence-electron chi connectivity index (χ3n) is 2.92. The molecule has 7 nitrogen and oxygen atoms in total. The van der Waals surface area contributed by atoms with Gasteiger partial charge in [0.25, 0.3) is 0 Å². The van der Waals surface area contributed by atoms with Crippen molar-refractivity contribution in [2.45, 2.75) is 66.7 Å². The highest BCUT2D eigenvalue weighted by atomic mass is 31.2. The molecule has 23 heavy (non-hydrogen) atoms.